The van der Waals surface area contributed by atoms with Crippen LogP contribution in [0.5, 0.6) is 11.5 Å². The second-order valence-corrected chi connectivity index (χ2v) is 7.53. The van der Waals surface area contributed by atoms with Gasteiger partial charge in [0, 0.05) is 25.9 Å². The van der Waals surface area contributed by atoms with Gasteiger partial charge in [0.1, 0.15) is 0 Å². The molecule has 0 aliphatic heterocycles. The molecule has 31 heavy (non-hydrogen) atoms. The van der Waals surface area contributed by atoms with Crippen molar-refractivity contribution < 1.29 is 19.1 Å². The maximum absolute atomic E-state index is 12.1. The van der Waals surface area contributed by atoms with Crippen LogP contribution in [0.25, 0.3) is 0 Å². The first-order valence-corrected chi connectivity index (χ1v) is 10.8. The number of hydrogen-bond acceptors (Lipinski definition) is 4. The van der Waals surface area contributed by atoms with Crippen molar-refractivity contribution in [1.82, 2.24) is 10.6 Å². The Balaban J connectivity index is 1.57. The third-order valence-corrected chi connectivity index (χ3v) is 5.19. The SMILES string of the molecule is COc1cc(C)c(CCNC(=O)CCCCC(=O)NCCc2ccccc2)cc1OC. The summed E-state index contributed by atoms with van der Waals surface area (Å²) in [6.07, 6.45) is 3.85. The molecule has 0 bridgehead atoms. The van der Waals surface area contributed by atoms with Gasteiger partial charge in [-0.1, -0.05) is 30.3 Å². The van der Waals surface area contributed by atoms with Crippen LogP contribution in [0.3, 0.4) is 0 Å². The Morgan fingerprint density at radius 2 is 1.35 bits per heavy atom. The topological polar surface area (TPSA) is 76.7 Å². The highest BCUT2D eigenvalue weighted by molar-refractivity contribution is 5.77. The second kappa shape index (κ2) is 13.3. The van der Waals surface area contributed by atoms with Crippen LogP contribution in [0.4, 0.5) is 0 Å². The molecule has 0 atom stereocenters. The van der Waals surface area contributed by atoms with Gasteiger partial charge in [-0.2, -0.15) is 0 Å². The van der Waals surface area contributed by atoms with Crippen molar-refractivity contribution in [1.29, 1.82) is 0 Å². The van der Waals surface area contributed by atoms with E-state index in [0.717, 1.165) is 24.0 Å². The highest BCUT2D eigenvalue weighted by Crippen LogP contribution is 2.30. The van der Waals surface area contributed by atoms with Crippen molar-refractivity contribution in [3.05, 3.63) is 59.2 Å². The molecule has 6 heteroatoms. The highest BCUT2D eigenvalue weighted by atomic mass is 16.5. The normalized spacial score (nSPS) is 10.4. The van der Waals surface area contributed by atoms with Crippen LogP contribution in [0, 0.1) is 6.92 Å². The number of carbonyl (C=O) groups is 2. The minimum atomic E-state index is 0.0163. The Morgan fingerprint density at radius 3 is 1.94 bits per heavy atom. The summed E-state index contributed by atoms with van der Waals surface area (Å²) in [5, 5.41) is 5.89. The van der Waals surface area contributed by atoms with Crippen LogP contribution in [0.15, 0.2) is 42.5 Å². The van der Waals surface area contributed by atoms with E-state index >= 15 is 0 Å². The predicted octanol–water partition coefficient (Wildman–Crippen LogP) is 3.59. The van der Waals surface area contributed by atoms with Crippen molar-refractivity contribution in [3.63, 3.8) is 0 Å². The van der Waals surface area contributed by atoms with Gasteiger partial charge in [-0.05, 0) is 61.4 Å². The number of carbonyl (C=O) groups excluding carboxylic acids is 2. The van der Waals surface area contributed by atoms with Gasteiger partial charge in [-0.15, -0.1) is 0 Å². The Hall–Kier alpha value is -3.02. The first-order chi connectivity index (χ1) is 15.0. The summed E-state index contributed by atoms with van der Waals surface area (Å²) >= 11 is 0. The van der Waals surface area contributed by atoms with E-state index in [4.69, 9.17) is 9.47 Å². The minimum absolute atomic E-state index is 0.0163. The average molecular weight is 427 g/mol. The summed E-state index contributed by atoms with van der Waals surface area (Å²) in [5.41, 5.74) is 3.43. The molecule has 2 rings (SSSR count). The number of hydrogen-bond donors (Lipinski definition) is 2. The summed E-state index contributed by atoms with van der Waals surface area (Å²) in [4.78, 5) is 24.0. The lowest BCUT2D eigenvalue weighted by Gasteiger charge is -2.13. The predicted molar refractivity (Wildman–Crippen MR) is 123 cm³/mol. The first kappa shape index (κ1) is 24.3. The van der Waals surface area contributed by atoms with E-state index in [2.05, 4.69) is 22.8 Å². The van der Waals surface area contributed by atoms with Gasteiger partial charge >= 0.3 is 0 Å². The largest absolute Gasteiger partial charge is 0.493 e. The van der Waals surface area contributed by atoms with Gasteiger partial charge in [0.05, 0.1) is 14.2 Å². The molecule has 0 aliphatic carbocycles. The smallest absolute Gasteiger partial charge is 0.220 e. The zero-order valence-corrected chi connectivity index (χ0v) is 18.8. The number of benzene rings is 2. The van der Waals surface area contributed by atoms with Crippen LogP contribution in [0.2, 0.25) is 0 Å². The minimum Gasteiger partial charge on any atom is -0.493 e. The molecule has 0 radical (unpaired) electrons. The molecule has 168 valence electrons. The standard InChI is InChI=1S/C25H34N2O4/c1-19-17-22(30-2)23(31-3)18-21(19)14-16-27-25(29)12-8-7-11-24(28)26-15-13-20-9-5-4-6-10-20/h4-6,9-10,17-18H,7-8,11-16H2,1-3H3,(H,26,28)(H,27,29). The Labute approximate surface area is 185 Å². The third-order valence-electron chi connectivity index (χ3n) is 5.19. The van der Waals surface area contributed by atoms with Gasteiger partial charge in [-0.25, -0.2) is 0 Å². The molecule has 2 aromatic carbocycles. The summed E-state index contributed by atoms with van der Waals surface area (Å²) < 4.78 is 10.7. The molecule has 0 saturated heterocycles. The number of rotatable bonds is 13. The molecule has 0 fully saturated rings. The Morgan fingerprint density at radius 1 is 0.806 bits per heavy atom. The number of amides is 2. The molecule has 0 saturated carbocycles. The first-order valence-electron chi connectivity index (χ1n) is 10.8. The van der Waals surface area contributed by atoms with E-state index in [0.29, 0.717) is 50.3 Å². The Kier molecular flexibility index (Phi) is 10.4. The van der Waals surface area contributed by atoms with Gasteiger partial charge < -0.3 is 20.1 Å². The molecule has 2 aromatic rings. The molecule has 2 N–H and O–H groups in total. The monoisotopic (exact) mass is 426 g/mol. The molecule has 6 nitrogen and oxygen atoms in total. The van der Waals surface area contributed by atoms with Gasteiger partial charge in [0.25, 0.3) is 0 Å². The lowest BCUT2D eigenvalue weighted by molar-refractivity contribution is -0.123. The van der Waals surface area contributed by atoms with Gasteiger partial charge in [0.2, 0.25) is 11.8 Å². The molecule has 0 aromatic heterocycles. The number of aryl methyl sites for hydroxylation is 1. The molecule has 0 aliphatic rings. The molecule has 2 amide bonds. The fourth-order valence-corrected chi connectivity index (χ4v) is 3.37. The van der Waals surface area contributed by atoms with Crippen molar-refractivity contribution in [2.45, 2.75) is 45.4 Å². The van der Waals surface area contributed by atoms with Crippen molar-refractivity contribution >= 4 is 11.8 Å². The summed E-state index contributed by atoms with van der Waals surface area (Å²) in [5.74, 6) is 1.45. The fraction of sp³-hybridized carbons (Fsp3) is 0.440. The second-order valence-electron chi connectivity index (χ2n) is 7.53. The van der Waals surface area contributed by atoms with E-state index in [1.807, 2.05) is 37.3 Å². The van der Waals surface area contributed by atoms with E-state index in [1.165, 1.54) is 5.56 Å². The van der Waals surface area contributed by atoms with E-state index in [-0.39, 0.29) is 11.8 Å². The molecule has 0 spiro atoms. The summed E-state index contributed by atoms with van der Waals surface area (Å²) in [6, 6.07) is 14.0. The molecular weight excluding hydrogens is 392 g/mol. The lowest BCUT2D eigenvalue weighted by atomic mass is 10.0. The van der Waals surface area contributed by atoms with E-state index in [1.54, 1.807) is 14.2 Å². The van der Waals surface area contributed by atoms with Crippen LogP contribution in [-0.2, 0) is 22.4 Å². The van der Waals surface area contributed by atoms with Crippen molar-refractivity contribution in [2.24, 2.45) is 0 Å². The van der Waals surface area contributed by atoms with Crippen molar-refractivity contribution in [2.75, 3.05) is 27.3 Å². The van der Waals surface area contributed by atoms with Crippen molar-refractivity contribution in [3.8, 4) is 11.5 Å². The quantitative estimate of drug-likeness (QED) is 0.480. The zero-order chi connectivity index (χ0) is 22.5. The molecular formula is C25H34N2O4. The fourth-order valence-electron chi connectivity index (χ4n) is 3.37. The summed E-state index contributed by atoms with van der Waals surface area (Å²) in [7, 11) is 3.23. The van der Waals surface area contributed by atoms with Crippen LogP contribution >= 0.6 is 0 Å². The van der Waals surface area contributed by atoms with Crippen LogP contribution in [0.1, 0.15) is 42.4 Å². The third kappa shape index (κ3) is 8.70. The van der Waals surface area contributed by atoms with E-state index < -0.39 is 0 Å². The number of nitrogens with one attached hydrogen (secondary N) is 2. The zero-order valence-electron chi connectivity index (χ0n) is 18.8. The van der Waals surface area contributed by atoms with Crippen LogP contribution < -0.4 is 20.1 Å². The van der Waals surface area contributed by atoms with E-state index in [9.17, 15) is 9.59 Å². The lowest BCUT2D eigenvalue weighted by Crippen LogP contribution is -2.26. The van der Waals surface area contributed by atoms with Gasteiger partial charge in [-0.3, -0.25) is 9.59 Å². The van der Waals surface area contributed by atoms with Gasteiger partial charge in [0.15, 0.2) is 11.5 Å². The summed E-state index contributed by atoms with van der Waals surface area (Å²) in [6.45, 7) is 3.22. The number of methoxy groups -OCH3 is 2. The Bertz CT molecular complexity index is 837. The highest BCUT2D eigenvalue weighted by Gasteiger charge is 2.09. The number of unbranched alkanes of at least 4 members (excludes halogenated alkanes) is 1. The maximum atomic E-state index is 12.1. The number of ether oxygens (including phenoxy) is 2. The molecule has 0 unspecified atom stereocenters. The maximum Gasteiger partial charge on any atom is 0.220 e. The van der Waals surface area contributed by atoms with Crippen LogP contribution in [-0.4, -0.2) is 39.1 Å². The average Bonchev–Trinajstić information content (AvgIpc) is 2.78. The molecule has 0 heterocycles.